The third-order valence-electron chi connectivity index (χ3n) is 6.39. The van der Waals surface area contributed by atoms with Gasteiger partial charge in [-0.25, -0.2) is 4.79 Å². The Kier molecular flexibility index (Phi) is 6.27. The van der Waals surface area contributed by atoms with E-state index in [1.54, 1.807) is 0 Å². The molecular weight excluding hydrogens is 434 g/mol. The Balaban J connectivity index is 1.65. The number of amides is 1. The van der Waals surface area contributed by atoms with Gasteiger partial charge in [-0.3, -0.25) is 4.79 Å². The molecule has 0 bridgehead atoms. The molecule has 5 aromatic rings. The van der Waals surface area contributed by atoms with Gasteiger partial charge < -0.3 is 10.1 Å². The molecule has 1 N–H and O–H groups in total. The fourth-order valence-corrected chi connectivity index (χ4v) is 4.78. The Morgan fingerprint density at radius 2 is 1.11 bits per heavy atom. The van der Waals surface area contributed by atoms with Gasteiger partial charge in [-0.2, -0.15) is 0 Å². The lowest BCUT2D eigenvalue weighted by Gasteiger charge is -2.27. The standard InChI is InChI=1S/C31H25NO3/c1-35-31(34)29(27(21-12-4-2-5-13-21)22-14-6-3-7-15-22)32-30(33)28-25-18-10-8-16-23(25)20-24-17-9-11-19-26(24)28/h2-20,27,29H,1H3,(H,32,33)/t29-/m0/s1. The average Bonchev–Trinajstić information content (AvgIpc) is 2.92. The first-order valence-corrected chi connectivity index (χ1v) is 11.6. The lowest BCUT2D eigenvalue weighted by molar-refractivity contribution is -0.143. The number of hydrogen-bond donors (Lipinski definition) is 1. The smallest absolute Gasteiger partial charge is 0.329 e. The normalized spacial score (nSPS) is 11.9. The summed E-state index contributed by atoms with van der Waals surface area (Å²) in [6, 6.07) is 36.2. The van der Waals surface area contributed by atoms with Gasteiger partial charge in [-0.1, -0.05) is 109 Å². The number of methoxy groups -OCH3 is 1. The number of fused-ring (bicyclic) bond motifs is 2. The lowest BCUT2D eigenvalue weighted by atomic mass is 9.84. The number of benzene rings is 5. The van der Waals surface area contributed by atoms with Crippen LogP contribution in [0.1, 0.15) is 27.4 Å². The second kappa shape index (κ2) is 9.82. The maximum Gasteiger partial charge on any atom is 0.329 e. The van der Waals surface area contributed by atoms with Crippen LogP contribution in [-0.4, -0.2) is 25.0 Å². The molecule has 0 radical (unpaired) electrons. The predicted molar refractivity (Wildman–Crippen MR) is 139 cm³/mol. The molecular formula is C31H25NO3. The summed E-state index contributed by atoms with van der Waals surface area (Å²) in [7, 11) is 1.35. The highest BCUT2D eigenvalue weighted by atomic mass is 16.5. The van der Waals surface area contributed by atoms with Crippen LogP contribution in [0.5, 0.6) is 0 Å². The van der Waals surface area contributed by atoms with E-state index in [1.165, 1.54) is 7.11 Å². The first-order valence-electron chi connectivity index (χ1n) is 11.6. The summed E-state index contributed by atoms with van der Waals surface area (Å²) in [5.41, 5.74) is 2.38. The van der Waals surface area contributed by atoms with E-state index >= 15 is 0 Å². The van der Waals surface area contributed by atoms with E-state index in [1.807, 2.05) is 109 Å². The molecule has 0 aromatic heterocycles. The highest BCUT2D eigenvalue weighted by molar-refractivity contribution is 6.18. The number of carbonyl (C=O) groups excluding carboxylic acids is 2. The minimum absolute atomic E-state index is 0.315. The van der Waals surface area contributed by atoms with Gasteiger partial charge in [-0.05, 0) is 38.7 Å². The molecule has 35 heavy (non-hydrogen) atoms. The Bertz CT molecular complexity index is 1400. The van der Waals surface area contributed by atoms with Crippen LogP contribution in [0.4, 0.5) is 0 Å². The van der Waals surface area contributed by atoms with Crippen LogP contribution < -0.4 is 5.32 Å². The number of rotatable bonds is 6. The summed E-state index contributed by atoms with van der Waals surface area (Å²) in [6.45, 7) is 0. The van der Waals surface area contributed by atoms with E-state index in [9.17, 15) is 9.59 Å². The average molecular weight is 460 g/mol. The zero-order valence-corrected chi connectivity index (χ0v) is 19.3. The molecule has 4 heteroatoms. The van der Waals surface area contributed by atoms with Crippen LogP contribution in [-0.2, 0) is 9.53 Å². The van der Waals surface area contributed by atoms with Crippen molar-refractivity contribution in [2.24, 2.45) is 0 Å². The van der Waals surface area contributed by atoms with E-state index in [2.05, 4.69) is 11.4 Å². The van der Waals surface area contributed by atoms with Crippen molar-refractivity contribution in [3.63, 3.8) is 0 Å². The van der Waals surface area contributed by atoms with E-state index in [0.29, 0.717) is 5.56 Å². The third kappa shape index (κ3) is 4.38. The lowest BCUT2D eigenvalue weighted by Crippen LogP contribution is -2.46. The Morgan fingerprint density at radius 1 is 0.657 bits per heavy atom. The topological polar surface area (TPSA) is 55.4 Å². The fraction of sp³-hybridized carbons (Fsp3) is 0.0968. The third-order valence-corrected chi connectivity index (χ3v) is 6.39. The van der Waals surface area contributed by atoms with E-state index in [-0.39, 0.29) is 5.91 Å². The van der Waals surface area contributed by atoms with Crippen molar-refractivity contribution >= 4 is 33.4 Å². The summed E-state index contributed by atoms with van der Waals surface area (Å²) in [5.74, 6) is -1.24. The van der Waals surface area contributed by atoms with Crippen LogP contribution in [0.25, 0.3) is 21.5 Å². The Hall–Kier alpha value is -4.44. The Morgan fingerprint density at radius 3 is 1.60 bits per heavy atom. The van der Waals surface area contributed by atoms with Crippen molar-refractivity contribution in [2.75, 3.05) is 7.11 Å². The van der Waals surface area contributed by atoms with Crippen LogP contribution in [0.3, 0.4) is 0 Å². The van der Waals surface area contributed by atoms with Gasteiger partial charge in [0.25, 0.3) is 5.91 Å². The van der Waals surface area contributed by atoms with Crippen molar-refractivity contribution in [1.82, 2.24) is 5.32 Å². The zero-order valence-electron chi connectivity index (χ0n) is 19.3. The fourth-order valence-electron chi connectivity index (χ4n) is 4.78. The molecule has 0 fully saturated rings. The zero-order chi connectivity index (χ0) is 24.2. The van der Waals surface area contributed by atoms with Gasteiger partial charge in [0.1, 0.15) is 6.04 Å². The first-order chi connectivity index (χ1) is 17.2. The van der Waals surface area contributed by atoms with Gasteiger partial charge in [-0.15, -0.1) is 0 Å². The van der Waals surface area contributed by atoms with Crippen molar-refractivity contribution in [3.05, 3.63) is 132 Å². The summed E-state index contributed by atoms with van der Waals surface area (Å²) >= 11 is 0. The van der Waals surface area contributed by atoms with Crippen LogP contribution in [0.2, 0.25) is 0 Å². The second-order valence-corrected chi connectivity index (χ2v) is 8.47. The molecule has 0 aliphatic rings. The molecule has 4 nitrogen and oxygen atoms in total. The monoisotopic (exact) mass is 459 g/mol. The van der Waals surface area contributed by atoms with Crippen molar-refractivity contribution in [3.8, 4) is 0 Å². The van der Waals surface area contributed by atoms with Crippen molar-refractivity contribution in [2.45, 2.75) is 12.0 Å². The predicted octanol–water partition coefficient (Wildman–Crippen LogP) is 6.10. The molecule has 0 saturated heterocycles. The summed E-state index contributed by atoms with van der Waals surface area (Å²) in [6.07, 6.45) is 0. The highest BCUT2D eigenvalue weighted by Crippen LogP contribution is 2.31. The van der Waals surface area contributed by atoms with Gasteiger partial charge in [0.2, 0.25) is 0 Å². The summed E-state index contributed by atoms with van der Waals surface area (Å²) in [4.78, 5) is 27.1. The van der Waals surface area contributed by atoms with E-state index in [4.69, 9.17) is 4.74 Å². The van der Waals surface area contributed by atoms with Crippen molar-refractivity contribution < 1.29 is 14.3 Å². The quantitative estimate of drug-likeness (QED) is 0.247. The molecule has 1 atom stereocenters. The molecule has 5 rings (SSSR count). The Labute approximate surface area is 204 Å². The maximum absolute atomic E-state index is 14.0. The number of nitrogens with one attached hydrogen (secondary N) is 1. The largest absolute Gasteiger partial charge is 0.467 e. The van der Waals surface area contributed by atoms with Crippen LogP contribution >= 0.6 is 0 Å². The molecule has 0 heterocycles. The molecule has 0 saturated carbocycles. The molecule has 172 valence electrons. The van der Waals surface area contributed by atoms with Crippen LogP contribution in [0, 0.1) is 0 Å². The van der Waals surface area contributed by atoms with Gasteiger partial charge >= 0.3 is 5.97 Å². The molecule has 0 spiro atoms. The molecule has 0 aliphatic carbocycles. The number of hydrogen-bond acceptors (Lipinski definition) is 3. The van der Waals surface area contributed by atoms with Gasteiger partial charge in [0, 0.05) is 5.92 Å². The number of carbonyl (C=O) groups is 2. The van der Waals surface area contributed by atoms with Crippen molar-refractivity contribution in [1.29, 1.82) is 0 Å². The highest BCUT2D eigenvalue weighted by Gasteiger charge is 2.34. The number of esters is 1. The van der Waals surface area contributed by atoms with Gasteiger partial charge in [0.05, 0.1) is 12.7 Å². The SMILES string of the molecule is COC(=O)[C@@H](NC(=O)c1c2ccccc2cc2ccccc12)C(c1ccccc1)c1ccccc1. The van der Waals surface area contributed by atoms with E-state index < -0.39 is 17.9 Å². The van der Waals surface area contributed by atoms with E-state index in [0.717, 1.165) is 32.7 Å². The minimum atomic E-state index is -0.921. The van der Waals surface area contributed by atoms with Gasteiger partial charge in [0.15, 0.2) is 0 Å². The molecule has 1 amide bonds. The second-order valence-electron chi connectivity index (χ2n) is 8.47. The summed E-state index contributed by atoms with van der Waals surface area (Å²) < 4.78 is 5.19. The summed E-state index contributed by atoms with van der Waals surface area (Å²) in [5, 5.41) is 6.66. The first kappa shape index (κ1) is 22.4. The minimum Gasteiger partial charge on any atom is -0.467 e. The maximum atomic E-state index is 14.0. The molecule has 0 unspecified atom stereocenters. The number of ether oxygens (including phenoxy) is 1. The molecule has 5 aromatic carbocycles. The molecule has 0 aliphatic heterocycles. The van der Waals surface area contributed by atoms with Crippen LogP contribution in [0.15, 0.2) is 115 Å².